The summed E-state index contributed by atoms with van der Waals surface area (Å²) < 4.78 is 5.04. The predicted molar refractivity (Wildman–Crippen MR) is 85.4 cm³/mol. The number of aromatic nitrogens is 1. The van der Waals surface area contributed by atoms with E-state index < -0.39 is 5.97 Å². The number of carbonyl (C=O) groups is 2. The summed E-state index contributed by atoms with van der Waals surface area (Å²) in [6.07, 6.45) is 6.61. The lowest BCUT2D eigenvalue weighted by Gasteiger charge is -2.35. The van der Waals surface area contributed by atoms with Gasteiger partial charge in [0.25, 0.3) is 5.91 Å². The lowest BCUT2D eigenvalue weighted by atomic mass is 9.97. The number of thiazole rings is 1. The van der Waals surface area contributed by atoms with Crippen LogP contribution >= 0.6 is 11.3 Å². The molecular weight excluding hydrogens is 316 g/mol. The third kappa shape index (κ3) is 3.61. The standard InChI is InChI=1S/C16H18N2O4S/c19-14(20)5-4-12-3-1-2-7-18(12)16(21)13-10-23-15(17-13)11-6-8-22-9-11/h6,8-10,12H,1-5,7H2,(H,19,20). The molecule has 0 saturated carbocycles. The SMILES string of the molecule is O=C(O)CCC1CCCCN1C(=O)c1csc(-c2ccoc2)n1. The zero-order valence-corrected chi connectivity index (χ0v) is 13.4. The number of carboxylic acids is 1. The molecule has 2 aromatic rings. The molecule has 1 fully saturated rings. The number of carboxylic acid groups (broad SMARTS) is 1. The average molecular weight is 334 g/mol. The van der Waals surface area contributed by atoms with Gasteiger partial charge < -0.3 is 14.4 Å². The molecule has 3 heterocycles. The fourth-order valence-corrected chi connectivity index (χ4v) is 3.68. The number of hydrogen-bond acceptors (Lipinski definition) is 5. The van der Waals surface area contributed by atoms with Gasteiger partial charge in [-0.3, -0.25) is 9.59 Å². The predicted octanol–water partition coefficient (Wildman–Crippen LogP) is 3.26. The van der Waals surface area contributed by atoms with Crippen LogP contribution in [0.25, 0.3) is 10.6 Å². The summed E-state index contributed by atoms with van der Waals surface area (Å²) in [4.78, 5) is 29.7. The molecule has 23 heavy (non-hydrogen) atoms. The first-order valence-electron chi connectivity index (χ1n) is 7.66. The second kappa shape index (κ2) is 6.95. The first-order valence-corrected chi connectivity index (χ1v) is 8.54. The maximum atomic E-state index is 12.7. The van der Waals surface area contributed by atoms with Crippen LogP contribution in [0, 0.1) is 0 Å². The second-order valence-electron chi connectivity index (χ2n) is 5.63. The van der Waals surface area contributed by atoms with Crippen LogP contribution in [-0.4, -0.2) is 39.5 Å². The Morgan fingerprint density at radius 2 is 2.30 bits per heavy atom. The number of likely N-dealkylation sites (tertiary alicyclic amines) is 1. The molecule has 2 aromatic heterocycles. The molecule has 0 aliphatic carbocycles. The van der Waals surface area contributed by atoms with Gasteiger partial charge in [0, 0.05) is 30.0 Å². The van der Waals surface area contributed by atoms with Crippen LogP contribution < -0.4 is 0 Å². The van der Waals surface area contributed by atoms with E-state index in [0.717, 1.165) is 29.8 Å². The first-order chi connectivity index (χ1) is 11.1. The summed E-state index contributed by atoms with van der Waals surface area (Å²) in [6.45, 7) is 0.668. The van der Waals surface area contributed by atoms with Crippen molar-refractivity contribution in [1.29, 1.82) is 0 Å². The van der Waals surface area contributed by atoms with Crippen LogP contribution in [0.15, 0.2) is 28.4 Å². The van der Waals surface area contributed by atoms with Crippen molar-refractivity contribution in [2.24, 2.45) is 0 Å². The van der Waals surface area contributed by atoms with Crippen LogP contribution in [0.1, 0.15) is 42.6 Å². The van der Waals surface area contributed by atoms with Crippen molar-refractivity contribution in [2.45, 2.75) is 38.1 Å². The lowest BCUT2D eigenvalue weighted by Crippen LogP contribution is -2.44. The highest BCUT2D eigenvalue weighted by Crippen LogP contribution is 2.27. The minimum Gasteiger partial charge on any atom is -0.481 e. The summed E-state index contributed by atoms with van der Waals surface area (Å²) in [5.41, 5.74) is 1.28. The molecule has 122 valence electrons. The van der Waals surface area contributed by atoms with Crippen molar-refractivity contribution in [3.8, 4) is 10.6 Å². The fourth-order valence-electron chi connectivity index (χ4n) is 2.90. The van der Waals surface area contributed by atoms with Gasteiger partial charge in [-0.25, -0.2) is 4.98 Å². The van der Waals surface area contributed by atoms with Gasteiger partial charge in [0.05, 0.1) is 6.26 Å². The number of rotatable bonds is 5. The Labute approximate surface area is 137 Å². The Bertz CT molecular complexity index is 680. The highest BCUT2D eigenvalue weighted by atomic mass is 32.1. The molecule has 1 saturated heterocycles. The molecule has 1 aliphatic rings. The van der Waals surface area contributed by atoms with Crippen molar-refractivity contribution < 1.29 is 19.1 Å². The zero-order valence-electron chi connectivity index (χ0n) is 12.6. The zero-order chi connectivity index (χ0) is 16.2. The van der Waals surface area contributed by atoms with Crippen molar-refractivity contribution in [3.63, 3.8) is 0 Å². The Morgan fingerprint density at radius 1 is 1.43 bits per heavy atom. The quantitative estimate of drug-likeness (QED) is 0.907. The van der Waals surface area contributed by atoms with E-state index in [0.29, 0.717) is 18.7 Å². The Morgan fingerprint density at radius 3 is 3.04 bits per heavy atom. The second-order valence-corrected chi connectivity index (χ2v) is 6.49. The van der Waals surface area contributed by atoms with E-state index in [2.05, 4.69) is 4.98 Å². The van der Waals surface area contributed by atoms with Gasteiger partial charge in [-0.1, -0.05) is 0 Å². The molecule has 3 rings (SSSR count). The molecule has 1 atom stereocenters. The van der Waals surface area contributed by atoms with Crippen molar-refractivity contribution in [2.75, 3.05) is 6.54 Å². The van der Waals surface area contributed by atoms with Gasteiger partial charge in [-0.15, -0.1) is 11.3 Å². The summed E-state index contributed by atoms with van der Waals surface area (Å²) in [7, 11) is 0. The molecular formula is C16H18N2O4S. The van der Waals surface area contributed by atoms with E-state index >= 15 is 0 Å². The van der Waals surface area contributed by atoms with Gasteiger partial charge in [0.2, 0.25) is 0 Å². The van der Waals surface area contributed by atoms with Gasteiger partial charge >= 0.3 is 5.97 Å². The average Bonchev–Trinajstić information content (AvgIpc) is 3.23. The minimum atomic E-state index is -0.820. The number of hydrogen-bond donors (Lipinski definition) is 1. The highest BCUT2D eigenvalue weighted by Gasteiger charge is 2.29. The summed E-state index contributed by atoms with van der Waals surface area (Å²) in [6, 6.07) is 1.80. The maximum Gasteiger partial charge on any atom is 0.303 e. The monoisotopic (exact) mass is 334 g/mol. The third-order valence-electron chi connectivity index (χ3n) is 4.07. The largest absolute Gasteiger partial charge is 0.481 e. The normalized spacial score (nSPS) is 18.1. The fraction of sp³-hybridized carbons (Fsp3) is 0.438. The topological polar surface area (TPSA) is 83.6 Å². The number of furan rings is 1. The molecule has 1 amide bonds. The summed E-state index contributed by atoms with van der Waals surface area (Å²) in [5, 5.41) is 11.4. The van der Waals surface area contributed by atoms with Crippen LogP contribution in [0.5, 0.6) is 0 Å². The Balaban J connectivity index is 1.73. The highest BCUT2D eigenvalue weighted by molar-refractivity contribution is 7.13. The molecule has 1 unspecified atom stereocenters. The number of aliphatic carboxylic acids is 1. The smallest absolute Gasteiger partial charge is 0.303 e. The number of amides is 1. The van der Waals surface area contributed by atoms with Gasteiger partial charge in [-0.2, -0.15) is 0 Å². The van der Waals surface area contributed by atoms with Crippen LogP contribution in [0.4, 0.5) is 0 Å². The van der Waals surface area contributed by atoms with Crippen molar-refractivity contribution >= 4 is 23.2 Å². The van der Waals surface area contributed by atoms with Crippen LogP contribution in [0.3, 0.4) is 0 Å². The van der Waals surface area contributed by atoms with Crippen LogP contribution in [-0.2, 0) is 4.79 Å². The van der Waals surface area contributed by atoms with Crippen molar-refractivity contribution in [1.82, 2.24) is 9.88 Å². The molecule has 0 bridgehead atoms. The maximum absolute atomic E-state index is 12.7. The van der Waals surface area contributed by atoms with E-state index in [1.54, 1.807) is 22.8 Å². The van der Waals surface area contributed by atoms with E-state index in [1.165, 1.54) is 11.3 Å². The summed E-state index contributed by atoms with van der Waals surface area (Å²) in [5.74, 6) is -0.926. The number of nitrogens with zero attached hydrogens (tertiary/aromatic N) is 2. The molecule has 6 nitrogen and oxygen atoms in total. The van der Waals surface area contributed by atoms with Crippen molar-refractivity contribution in [3.05, 3.63) is 29.7 Å². The third-order valence-corrected chi connectivity index (χ3v) is 4.96. The Kier molecular flexibility index (Phi) is 4.76. The van der Waals surface area contributed by atoms with Gasteiger partial charge in [0.15, 0.2) is 0 Å². The van der Waals surface area contributed by atoms with E-state index in [4.69, 9.17) is 9.52 Å². The lowest BCUT2D eigenvalue weighted by molar-refractivity contribution is -0.137. The molecule has 1 aliphatic heterocycles. The molecule has 0 spiro atoms. The van der Waals surface area contributed by atoms with E-state index in [9.17, 15) is 9.59 Å². The number of carbonyl (C=O) groups excluding carboxylic acids is 1. The number of piperidine rings is 1. The molecule has 0 aromatic carbocycles. The molecule has 7 heteroatoms. The summed E-state index contributed by atoms with van der Waals surface area (Å²) >= 11 is 1.41. The van der Waals surface area contributed by atoms with Gasteiger partial charge in [0.1, 0.15) is 17.0 Å². The van der Waals surface area contributed by atoms with Gasteiger partial charge in [-0.05, 0) is 31.7 Å². The van der Waals surface area contributed by atoms with E-state index in [1.807, 2.05) is 6.07 Å². The Hall–Kier alpha value is -2.15. The van der Waals surface area contributed by atoms with Crippen LogP contribution in [0.2, 0.25) is 0 Å². The van der Waals surface area contributed by atoms with E-state index in [-0.39, 0.29) is 18.4 Å². The molecule has 0 radical (unpaired) electrons. The molecule has 1 N–H and O–H groups in total. The minimum absolute atomic E-state index is 0.00794. The first kappa shape index (κ1) is 15.7.